The van der Waals surface area contributed by atoms with Gasteiger partial charge in [0.25, 0.3) is 0 Å². The van der Waals surface area contributed by atoms with E-state index in [0.717, 1.165) is 12.8 Å². The summed E-state index contributed by atoms with van der Waals surface area (Å²) in [4.78, 5) is 24.3. The number of likely N-dealkylation sites (N-methyl/N-ethyl adjacent to an activating group) is 1. The predicted molar refractivity (Wildman–Crippen MR) is 76.1 cm³/mol. The van der Waals surface area contributed by atoms with E-state index < -0.39 is 0 Å². The first-order chi connectivity index (χ1) is 9.54. The van der Waals surface area contributed by atoms with Gasteiger partial charge in [-0.2, -0.15) is 0 Å². The Balaban J connectivity index is 1.60. The molecule has 1 aliphatic heterocycles. The maximum atomic E-state index is 11.7. The van der Waals surface area contributed by atoms with Crippen LogP contribution in [0.1, 0.15) is 38.5 Å². The van der Waals surface area contributed by atoms with Crippen LogP contribution in [0, 0.1) is 0 Å². The molecule has 2 aliphatic rings. The number of amides is 2. The molecule has 112 valence electrons. The molecule has 0 bridgehead atoms. The molecule has 1 N–H and O–H groups in total. The number of nitrogens with zero attached hydrogens (tertiary/aromatic N) is 1. The Morgan fingerprint density at radius 1 is 1.45 bits per heavy atom. The number of rotatable bonds is 6. The average Bonchev–Trinajstić information content (AvgIpc) is 2.82. The van der Waals surface area contributed by atoms with E-state index in [4.69, 9.17) is 4.74 Å². The first-order valence-electron chi connectivity index (χ1n) is 7.37. The van der Waals surface area contributed by atoms with E-state index in [9.17, 15) is 9.59 Å². The predicted octanol–water partition coefficient (Wildman–Crippen LogP) is 1.24. The van der Waals surface area contributed by atoms with E-state index in [1.54, 1.807) is 7.05 Å². The minimum Gasteiger partial charge on any atom is -0.372 e. The molecule has 1 saturated heterocycles. The molecule has 0 aromatic rings. The largest absolute Gasteiger partial charge is 0.372 e. The first-order valence-corrected chi connectivity index (χ1v) is 7.37. The lowest BCUT2D eigenvalue weighted by Crippen LogP contribution is -2.39. The highest BCUT2D eigenvalue weighted by molar-refractivity contribution is 5.90. The normalized spacial score (nSPS) is 23.1. The summed E-state index contributed by atoms with van der Waals surface area (Å²) in [6.45, 7) is 4.07. The van der Waals surface area contributed by atoms with Crippen molar-refractivity contribution in [2.24, 2.45) is 0 Å². The summed E-state index contributed by atoms with van der Waals surface area (Å²) in [5.74, 6) is -0.384. The van der Waals surface area contributed by atoms with Gasteiger partial charge in [-0.05, 0) is 44.6 Å². The molecule has 20 heavy (non-hydrogen) atoms. The Bertz CT molecular complexity index is 391. The van der Waals surface area contributed by atoms with Crippen molar-refractivity contribution in [3.05, 3.63) is 12.7 Å². The average molecular weight is 280 g/mol. The standard InChI is InChI=1S/C15H24N2O3/c1-3-14(19)17(2)11-13(18)16-10-6-12-5-9-15(20-12)7-4-8-15/h3,12H,1,4-11H2,2H3,(H,16,18). The van der Waals surface area contributed by atoms with E-state index in [1.807, 2.05) is 0 Å². The summed E-state index contributed by atoms with van der Waals surface area (Å²) in [6.07, 6.45) is 8.29. The van der Waals surface area contributed by atoms with Gasteiger partial charge in [-0.25, -0.2) is 0 Å². The second-order valence-corrected chi connectivity index (χ2v) is 5.85. The van der Waals surface area contributed by atoms with Crippen molar-refractivity contribution in [2.45, 2.75) is 50.2 Å². The molecule has 1 spiro atoms. The quantitative estimate of drug-likeness (QED) is 0.745. The van der Waals surface area contributed by atoms with Crippen molar-refractivity contribution in [3.63, 3.8) is 0 Å². The van der Waals surface area contributed by atoms with Crippen LogP contribution in [0.2, 0.25) is 0 Å². The SMILES string of the molecule is C=CC(=O)N(C)CC(=O)NCCC1CCC2(CCC2)O1. The van der Waals surface area contributed by atoms with Gasteiger partial charge in [-0.15, -0.1) is 0 Å². The van der Waals surface area contributed by atoms with Gasteiger partial charge in [0.1, 0.15) is 0 Å². The fraction of sp³-hybridized carbons (Fsp3) is 0.733. The van der Waals surface area contributed by atoms with Crippen molar-refractivity contribution in [2.75, 3.05) is 20.1 Å². The third-order valence-electron chi connectivity index (χ3n) is 4.32. The summed E-state index contributed by atoms with van der Waals surface area (Å²) in [7, 11) is 1.59. The molecule has 1 unspecified atom stereocenters. The zero-order chi connectivity index (χ0) is 14.6. The number of hydrogen-bond donors (Lipinski definition) is 1. The van der Waals surface area contributed by atoms with Gasteiger partial charge in [0, 0.05) is 13.6 Å². The molecule has 1 atom stereocenters. The van der Waals surface area contributed by atoms with Gasteiger partial charge in [0.15, 0.2) is 0 Å². The Hall–Kier alpha value is -1.36. The Kier molecular flexibility index (Phi) is 4.81. The molecule has 2 rings (SSSR count). The highest BCUT2D eigenvalue weighted by atomic mass is 16.5. The van der Waals surface area contributed by atoms with Crippen LogP contribution in [0.25, 0.3) is 0 Å². The fourth-order valence-corrected chi connectivity index (χ4v) is 2.92. The molecule has 1 saturated carbocycles. The third kappa shape index (κ3) is 3.60. The van der Waals surface area contributed by atoms with Crippen LogP contribution in [-0.4, -0.2) is 48.6 Å². The van der Waals surface area contributed by atoms with E-state index in [1.165, 1.54) is 36.7 Å². The Morgan fingerprint density at radius 3 is 2.75 bits per heavy atom. The molecule has 2 amide bonds. The number of ether oxygens (including phenoxy) is 1. The van der Waals surface area contributed by atoms with Crippen LogP contribution < -0.4 is 5.32 Å². The van der Waals surface area contributed by atoms with Crippen LogP contribution in [0.3, 0.4) is 0 Å². The molecule has 5 nitrogen and oxygen atoms in total. The number of nitrogens with one attached hydrogen (secondary N) is 1. The van der Waals surface area contributed by atoms with Crippen molar-refractivity contribution in [1.82, 2.24) is 10.2 Å². The van der Waals surface area contributed by atoms with Crippen LogP contribution in [0.4, 0.5) is 0 Å². The second kappa shape index (κ2) is 6.39. The van der Waals surface area contributed by atoms with Gasteiger partial charge >= 0.3 is 0 Å². The van der Waals surface area contributed by atoms with E-state index in [0.29, 0.717) is 6.54 Å². The summed E-state index contributed by atoms with van der Waals surface area (Å²) in [5, 5.41) is 2.84. The topological polar surface area (TPSA) is 58.6 Å². The van der Waals surface area contributed by atoms with Crippen molar-refractivity contribution >= 4 is 11.8 Å². The molecule has 5 heteroatoms. The third-order valence-corrected chi connectivity index (χ3v) is 4.32. The van der Waals surface area contributed by atoms with Crippen LogP contribution in [-0.2, 0) is 14.3 Å². The maximum absolute atomic E-state index is 11.7. The molecule has 1 aliphatic carbocycles. The molecule has 1 heterocycles. The minimum atomic E-state index is -0.244. The number of hydrogen-bond acceptors (Lipinski definition) is 3. The fourth-order valence-electron chi connectivity index (χ4n) is 2.92. The summed E-state index contributed by atoms with van der Waals surface area (Å²) in [5.41, 5.74) is 0.186. The molecular weight excluding hydrogens is 256 g/mol. The second-order valence-electron chi connectivity index (χ2n) is 5.85. The number of carbonyl (C=O) groups is 2. The van der Waals surface area contributed by atoms with E-state index >= 15 is 0 Å². The van der Waals surface area contributed by atoms with Gasteiger partial charge in [0.05, 0.1) is 18.2 Å². The van der Waals surface area contributed by atoms with Gasteiger partial charge in [0.2, 0.25) is 11.8 Å². The number of carbonyl (C=O) groups excluding carboxylic acids is 2. The summed E-state index contributed by atoms with van der Waals surface area (Å²) >= 11 is 0. The molecular formula is C15H24N2O3. The lowest BCUT2D eigenvalue weighted by Gasteiger charge is -2.38. The molecule has 0 radical (unpaired) electrons. The zero-order valence-corrected chi connectivity index (χ0v) is 12.2. The highest BCUT2D eigenvalue weighted by Gasteiger charge is 2.44. The summed E-state index contributed by atoms with van der Waals surface area (Å²) in [6, 6.07) is 0. The van der Waals surface area contributed by atoms with Crippen molar-refractivity contribution < 1.29 is 14.3 Å². The Morgan fingerprint density at radius 2 is 2.20 bits per heavy atom. The summed E-state index contributed by atoms with van der Waals surface area (Å²) < 4.78 is 6.07. The lowest BCUT2D eigenvalue weighted by atomic mass is 9.78. The van der Waals surface area contributed by atoms with Crippen LogP contribution >= 0.6 is 0 Å². The minimum absolute atomic E-state index is 0.0698. The first kappa shape index (κ1) is 15.0. The van der Waals surface area contributed by atoms with E-state index in [2.05, 4.69) is 11.9 Å². The van der Waals surface area contributed by atoms with Crippen molar-refractivity contribution in [1.29, 1.82) is 0 Å². The lowest BCUT2D eigenvalue weighted by molar-refractivity contribution is -0.131. The molecule has 2 fully saturated rings. The van der Waals surface area contributed by atoms with Crippen molar-refractivity contribution in [3.8, 4) is 0 Å². The Labute approximate surface area is 120 Å². The maximum Gasteiger partial charge on any atom is 0.246 e. The van der Waals surface area contributed by atoms with Gasteiger partial charge in [-0.3, -0.25) is 9.59 Å². The molecule has 0 aromatic heterocycles. The smallest absolute Gasteiger partial charge is 0.246 e. The monoisotopic (exact) mass is 280 g/mol. The van der Waals surface area contributed by atoms with Crippen LogP contribution in [0.5, 0.6) is 0 Å². The van der Waals surface area contributed by atoms with Crippen LogP contribution in [0.15, 0.2) is 12.7 Å². The van der Waals surface area contributed by atoms with E-state index in [-0.39, 0.29) is 30.1 Å². The van der Waals surface area contributed by atoms with Gasteiger partial charge < -0.3 is 15.0 Å². The van der Waals surface area contributed by atoms with Gasteiger partial charge in [-0.1, -0.05) is 6.58 Å². The highest BCUT2D eigenvalue weighted by Crippen LogP contribution is 2.46. The zero-order valence-electron chi connectivity index (χ0n) is 12.2. The molecule has 0 aromatic carbocycles.